The monoisotopic (exact) mass is 283 g/mol. The minimum absolute atomic E-state index is 0.0129. The lowest BCUT2D eigenvalue weighted by molar-refractivity contribution is 0.257. The number of benzene rings is 1. The summed E-state index contributed by atoms with van der Waals surface area (Å²) in [5, 5.41) is 3.21. The van der Waals surface area contributed by atoms with Gasteiger partial charge in [0.1, 0.15) is 11.6 Å². The van der Waals surface area contributed by atoms with Gasteiger partial charge < -0.3 is 15.0 Å². The lowest BCUT2D eigenvalue weighted by atomic mass is 9.95. The molecule has 21 heavy (non-hydrogen) atoms. The fourth-order valence-corrected chi connectivity index (χ4v) is 3.07. The van der Waals surface area contributed by atoms with Gasteiger partial charge in [-0.05, 0) is 18.1 Å². The third-order valence-corrected chi connectivity index (χ3v) is 4.23. The predicted octanol–water partition coefficient (Wildman–Crippen LogP) is 1.13. The predicted molar refractivity (Wildman–Crippen MR) is 78.7 cm³/mol. The van der Waals surface area contributed by atoms with Crippen LogP contribution in [0, 0.1) is 0 Å². The molecule has 5 nitrogen and oxygen atoms in total. The van der Waals surface area contributed by atoms with Crippen LogP contribution in [-0.4, -0.2) is 23.1 Å². The van der Waals surface area contributed by atoms with Crippen LogP contribution >= 0.6 is 0 Å². The van der Waals surface area contributed by atoms with E-state index in [1.807, 2.05) is 18.2 Å². The fraction of sp³-hybridized carbons (Fsp3) is 0.375. The van der Waals surface area contributed by atoms with Crippen molar-refractivity contribution >= 4 is 0 Å². The van der Waals surface area contributed by atoms with Crippen LogP contribution in [0.1, 0.15) is 28.6 Å². The van der Waals surface area contributed by atoms with Crippen LogP contribution < -0.4 is 15.6 Å². The van der Waals surface area contributed by atoms with Gasteiger partial charge in [0.15, 0.2) is 0 Å². The number of H-pyrrole nitrogens is 1. The molecule has 0 aliphatic carbocycles. The average Bonchev–Trinajstić information content (AvgIpc) is 2.54. The van der Waals surface area contributed by atoms with E-state index < -0.39 is 0 Å². The van der Waals surface area contributed by atoms with Crippen molar-refractivity contribution in [2.75, 3.05) is 13.2 Å². The van der Waals surface area contributed by atoms with Gasteiger partial charge in [-0.1, -0.05) is 18.2 Å². The number of nitrogens with zero attached hydrogens (tertiary/aromatic N) is 1. The number of nitrogens with one attached hydrogen (secondary N) is 2. The molecule has 1 atom stereocenters. The zero-order chi connectivity index (χ0) is 14.2. The second-order valence-electron chi connectivity index (χ2n) is 5.62. The highest BCUT2D eigenvalue weighted by Gasteiger charge is 2.25. The van der Waals surface area contributed by atoms with Gasteiger partial charge in [0, 0.05) is 19.5 Å². The SMILES string of the molecule is O=c1[nH]c(C2COc3ccccc3C2)nc2c1CNCC2. The zero-order valence-corrected chi connectivity index (χ0v) is 11.7. The van der Waals surface area contributed by atoms with Crippen LogP contribution in [0.2, 0.25) is 0 Å². The van der Waals surface area contributed by atoms with Crippen molar-refractivity contribution < 1.29 is 4.74 Å². The summed E-state index contributed by atoms with van der Waals surface area (Å²) in [6.07, 6.45) is 1.67. The van der Waals surface area contributed by atoms with Crippen LogP contribution in [-0.2, 0) is 19.4 Å². The molecule has 3 heterocycles. The third-order valence-electron chi connectivity index (χ3n) is 4.23. The molecule has 0 amide bonds. The van der Waals surface area contributed by atoms with E-state index in [1.165, 1.54) is 5.56 Å². The maximum absolute atomic E-state index is 12.2. The lowest BCUT2D eigenvalue weighted by Crippen LogP contribution is -2.33. The van der Waals surface area contributed by atoms with E-state index in [0.29, 0.717) is 13.2 Å². The Labute approximate surface area is 122 Å². The molecule has 0 saturated heterocycles. The van der Waals surface area contributed by atoms with E-state index in [0.717, 1.165) is 42.2 Å². The molecule has 1 unspecified atom stereocenters. The highest BCUT2D eigenvalue weighted by atomic mass is 16.5. The Morgan fingerprint density at radius 1 is 1.29 bits per heavy atom. The minimum Gasteiger partial charge on any atom is -0.493 e. The number of aromatic nitrogens is 2. The molecule has 2 aromatic rings. The summed E-state index contributed by atoms with van der Waals surface area (Å²) in [6.45, 7) is 2.06. The molecule has 0 spiro atoms. The number of para-hydroxylation sites is 1. The quantitative estimate of drug-likeness (QED) is 0.823. The molecule has 5 heteroatoms. The van der Waals surface area contributed by atoms with Gasteiger partial charge in [0.25, 0.3) is 5.56 Å². The molecule has 2 N–H and O–H groups in total. The first-order valence-electron chi connectivity index (χ1n) is 7.34. The topological polar surface area (TPSA) is 67.0 Å². The summed E-state index contributed by atoms with van der Waals surface area (Å²) >= 11 is 0. The van der Waals surface area contributed by atoms with Gasteiger partial charge in [0.2, 0.25) is 0 Å². The molecule has 4 rings (SSSR count). The minimum atomic E-state index is -0.0129. The molecule has 0 radical (unpaired) electrons. The van der Waals surface area contributed by atoms with E-state index in [2.05, 4.69) is 16.4 Å². The average molecular weight is 283 g/mol. The van der Waals surface area contributed by atoms with Gasteiger partial charge >= 0.3 is 0 Å². The van der Waals surface area contributed by atoms with Crippen LogP contribution in [0.5, 0.6) is 5.75 Å². The fourth-order valence-electron chi connectivity index (χ4n) is 3.07. The molecule has 1 aromatic carbocycles. The summed E-state index contributed by atoms with van der Waals surface area (Å²) in [6, 6.07) is 8.05. The number of hydrogen-bond acceptors (Lipinski definition) is 4. The number of hydrogen-bond donors (Lipinski definition) is 2. The Balaban J connectivity index is 1.69. The van der Waals surface area contributed by atoms with E-state index >= 15 is 0 Å². The van der Waals surface area contributed by atoms with Crippen LogP contribution in [0.25, 0.3) is 0 Å². The Morgan fingerprint density at radius 3 is 3.14 bits per heavy atom. The lowest BCUT2D eigenvalue weighted by Gasteiger charge is -2.25. The number of fused-ring (bicyclic) bond motifs is 2. The molecule has 1 aromatic heterocycles. The summed E-state index contributed by atoms with van der Waals surface area (Å²) in [5.41, 5.74) is 2.88. The second kappa shape index (κ2) is 5.00. The number of rotatable bonds is 1. The zero-order valence-electron chi connectivity index (χ0n) is 11.7. The molecule has 2 aliphatic rings. The summed E-state index contributed by atoms with van der Waals surface area (Å²) < 4.78 is 5.80. The van der Waals surface area contributed by atoms with Crippen LogP contribution in [0.15, 0.2) is 29.1 Å². The van der Waals surface area contributed by atoms with Gasteiger partial charge in [0.05, 0.1) is 23.8 Å². The Morgan fingerprint density at radius 2 is 2.19 bits per heavy atom. The van der Waals surface area contributed by atoms with Gasteiger partial charge in [-0.15, -0.1) is 0 Å². The molecule has 0 fully saturated rings. The Bertz CT molecular complexity index is 739. The Kier molecular flexibility index (Phi) is 3.00. The summed E-state index contributed by atoms with van der Waals surface area (Å²) in [5.74, 6) is 1.82. The highest BCUT2D eigenvalue weighted by Crippen LogP contribution is 2.30. The molecule has 0 saturated carbocycles. The van der Waals surface area contributed by atoms with E-state index in [1.54, 1.807) is 0 Å². The van der Waals surface area contributed by atoms with E-state index in [-0.39, 0.29) is 11.5 Å². The van der Waals surface area contributed by atoms with Crippen molar-refractivity contribution in [3.63, 3.8) is 0 Å². The van der Waals surface area contributed by atoms with Crippen molar-refractivity contribution in [2.45, 2.75) is 25.3 Å². The van der Waals surface area contributed by atoms with Gasteiger partial charge in [-0.3, -0.25) is 4.79 Å². The largest absolute Gasteiger partial charge is 0.493 e. The normalized spacial score (nSPS) is 20.3. The standard InChI is InChI=1S/C16H17N3O2/c20-16-12-8-17-6-5-13(12)18-15(19-16)11-7-10-3-1-2-4-14(10)21-9-11/h1-4,11,17H,5-9H2,(H,18,19,20). The first-order chi connectivity index (χ1) is 10.3. The Hall–Kier alpha value is -2.14. The van der Waals surface area contributed by atoms with Gasteiger partial charge in [-0.25, -0.2) is 4.98 Å². The molecular formula is C16H17N3O2. The maximum Gasteiger partial charge on any atom is 0.255 e. The van der Waals surface area contributed by atoms with Crippen LogP contribution in [0.3, 0.4) is 0 Å². The highest BCUT2D eigenvalue weighted by molar-refractivity contribution is 5.36. The van der Waals surface area contributed by atoms with Crippen molar-refractivity contribution in [1.29, 1.82) is 0 Å². The first-order valence-corrected chi connectivity index (χ1v) is 7.34. The van der Waals surface area contributed by atoms with Crippen molar-refractivity contribution in [1.82, 2.24) is 15.3 Å². The van der Waals surface area contributed by atoms with Crippen molar-refractivity contribution in [2.24, 2.45) is 0 Å². The summed E-state index contributed by atoms with van der Waals surface area (Å²) in [7, 11) is 0. The molecule has 0 bridgehead atoms. The van der Waals surface area contributed by atoms with Crippen molar-refractivity contribution in [3.8, 4) is 5.75 Å². The molecular weight excluding hydrogens is 266 g/mol. The van der Waals surface area contributed by atoms with E-state index in [9.17, 15) is 4.79 Å². The smallest absolute Gasteiger partial charge is 0.255 e. The second-order valence-corrected chi connectivity index (χ2v) is 5.62. The number of ether oxygens (including phenoxy) is 1. The van der Waals surface area contributed by atoms with E-state index in [4.69, 9.17) is 9.72 Å². The van der Waals surface area contributed by atoms with Crippen molar-refractivity contribution in [3.05, 3.63) is 57.3 Å². The van der Waals surface area contributed by atoms with Gasteiger partial charge in [-0.2, -0.15) is 0 Å². The number of aromatic amines is 1. The van der Waals surface area contributed by atoms with Crippen LogP contribution in [0.4, 0.5) is 0 Å². The molecule has 2 aliphatic heterocycles. The third kappa shape index (κ3) is 2.23. The summed E-state index contributed by atoms with van der Waals surface area (Å²) in [4.78, 5) is 19.8. The molecule has 108 valence electrons. The maximum atomic E-state index is 12.2. The first kappa shape index (κ1) is 12.6.